The molecular weight excluding hydrogens is 184 g/mol. The van der Waals surface area contributed by atoms with Gasteiger partial charge in [-0.05, 0) is 25.1 Å². The molecule has 3 nitrogen and oxygen atoms in total. The van der Waals surface area contributed by atoms with Crippen LogP contribution in [0.4, 0.5) is 0 Å². The number of hydrogen-bond acceptors (Lipinski definition) is 3. The minimum atomic E-state index is 0.200. The molecule has 0 bridgehead atoms. The third kappa shape index (κ3) is 1.31. The second-order valence-electron chi connectivity index (χ2n) is 3.12. The third-order valence-corrected chi connectivity index (χ3v) is 2.49. The molecule has 4 heteroatoms. The highest BCUT2D eigenvalue weighted by Crippen LogP contribution is 2.22. The first kappa shape index (κ1) is 8.56. The monoisotopic (exact) mass is 194 g/mol. The standard InChI is InChI=1S/C9H10N2OS/c1-2-5-8-6(3-4-7(8)12)11-9(13)10-5/h2-4H2,1H3,(H,10,11,13). The fourth-order valence-corrected chi connectivity index (χ4v) is 1.94. The molecule has 0 amide bonds. The van der Waals surface area contributed by atoms with E-state index in [2.05, 4.69) is 9.97 Å². The van der Waals surface area contributed by atoms with Gasteiger partial charge in [-0.25, -0.2) is 4.98 Å². The molecule has 1 aliphatic carbocycles. The van der Waals surface area contributed by atoms with Crippen LogP contribution >= 0.6 is 12.2 Å². The molecule has 13 heavy (non-hydrogen) atoms. The van der Waals surface area contributed by atoms with Crippen LogP contribution in [0.5, 0.6) is 0 Å². The fraction of sp³-hybridized carbons (Fsp3) is 0.444. The summed E-state index contributed by atoms with van der Waals surface area (Å²) in [5.41, 5.74) is 2.61. The van der Waals surface area contributed by atoms with Crippen molar-refractivity contribution in [3.05, 3.63) is 21.7 Å². The summed E-state index contributed by atoms with van der Waals surface area (Å²) < 4.78 is 0.491. The number of H-pyrrole nitrogens is 1. The summed E-state index contributed by atoms with van der Waals surface area (Å²) in [6.07, 6.45) is 2.15. The molecule has 1 aromatic heterocycles. The van der Waals surface area contributed by atoms with E-state index in [1.807, 2.05) is 6.92 Å². The number of aromatic amines is 1. The Kier molecular flexibility index (Phi) is 2.00. The second kappa shape index (κ2) is 3.03. The first-order chi connectivity index (χ1) is 6.22. The molecule has 1 aromatic rings. The van der Waals surface area contributed by atoms with Gasteiger partial charge < -0.3 is 4.98 Å². The van der Waals surface area contributed by atoms with E-state index in [0.717, 1.165) is 29.8 Å². The van der Waals surface area contributed by atoms with Crippen LogP contribution < -0.4 is 0 Å². The smallest absolute Gasteiger partial charge is 0.197 e. The summed E-state index contributed by atoms with van der Waals surface area (Å²) >= 11 is 4.97. The van der Waals surface area contributed by atoms with E-state index < -0.39 is 0 Å². The van der Waals surface area contributed by atoms with Crippen molar-refractivity contribution in [2.75, 3.05) is 0 Å². The number of hydrogen-bond donors (Lipinski definition) is 1. The van der Waals surface area contributed by atoms with Gasteiger partial charge in [0.15, 0.2) is 10.6 Å². The Bertz CT molecular complexity index is 422. The zero-order valence-electron chi connectivity index (χ0n) is 7.39. The summed E-state index contributed by atoms with van der Waals surface area (Å²) in [5, 5.41) is 0. The summed E-state index contributed by atoms with van der Waals surface area (Å²) in [5.74, 6) is 0.200. The Morgan fingerprint density at radius 3 is 3.00 bits per heavy atom. The molecule has 0 saturated heterocycles. The second-order valence-corrected chi connectivity index (χ2v) is 3.51. The van der Waals surface area contributed by atoms with Gasteiger partial charge in [-0.1, -0.05) is 6.92 Å². The van der Waals surface area contributed by atoms with E-state index in [1.165, 1.54) is 0 Å². The number of ketones is 1. The van der Waals surface area contributed by atoms with Gasteiger partial charge in [-0.3, -0.25) is 4.79 Å². The predicted molar refractivity (Wildman–Crippen MR) is 51.5 cm³/mol. The molecule has 0 aliphatic heterocycles. The average molecular weight is 194 g/mol. The Morgan fingerprint density at radius 1 is 1.54 bits per heavy atom. The van der Waals surface area contributed by atoms with Gasteiger partial charge in [0.05, 0.1) is 11.3 Å². The number of carbonyl (C=O) groups is 1. The molecule has 1 heterocycles. The van der Waals surface area contributed by atoms with Crippen molar-refractivity contribution in [3.63, 3.8) is 0 Å². The van der Waals surface area contributed by atoms with E-state index in [-0.39, 0.29) is 5.78 Å². The van der Waals surface area contributed by atoms with Crippen LogP contribution in [0, 0.1) is 4.77 Å². The Morgan fingerprint density at radius 2 is 2.31 bits per heavy atom. The number of aromatic nitrogens is 2. The summed E-state index contributed by atoms with van der Waals surface area (Å²) in [4.78, 5) is 18.6. The number of carbonyl (C=O) groups excluding carboxylic acids is 1. The number of nitrogens with zero attached hydrogens (tertiary/aromatic N) is 1. The lowest BCUT2D eigenvalue weighted by molar-refractivity contribution is 0.0993. The number of fused-ring (bicyclic) bond motifs is 1. The summed E-state index contributed by atoms with van der Waals surface area (Å²) in [6, 6.07) is 0. The van der Waals surface area contributed by atoms with E-state index >= 15 is 0 Å². The van der Waals surface area contributed by atoms with Crippen molar-refractivity contribution in [1.82, 2.24) is 9.97 Å². The molecule has 2 rings (SSSR count). The van der Waals surface area contributed by atoms with E-state index in [0.29, 0.717) is 11.2 Å². The molecule has 0 radical (unpaired) electrons. The molecule has 0 atom stereocenters. The normalized spacial score (nSPS) is 14.7. The molecule has 1 aliphatic rings. The van der Waals surface area contributed by atoms with Crippen LogP contribution in [0.25, 0.3) is 0 Å². The van der Waals surface area contributed by atoms with Crippen LogP contribution in [0.3, 0.4) is 0 Å². The van der Waals surface area contributed by atoms with Crippen molar-refractivity contribution in [2.24, 2.45) is 0 Å². The van der Waals surface area contributed by atoms with Crippen LogP contribution in [-0.2, 0) is 12.8 Å². The predicted octanol–water partition coefficient (Wildman–Crippen LogP) is 1.83. The van der Waals surface area contributed by atoms with Gasteiger partial charge >= 0.3 is 0 Å². The lowest BCUT2D eigenvalue weighted by Gasteiger charge is -2.02. The number of aryl methyl sites for hydroxylation is 2. The summed E-state index contributed by atoms with van der Waals surface area (Å²) in [7, 11) is 0. The average Bonchev–Trinajstić information content (AvgIpc) is 2.46. The molecule has 0 saturated carbocycles. The van der Waals surface area contributed by atoms with Gasteiger partial charge in [0.25, 0.3) is 0 Å². The van der Waals surface area contributed by atoms with Gasteiger partial charge in [0.1, 0.15) is 0 Å². The summed E-state index contributed by atoms with van der Waals surface area (Å²) in [6.45, 7) is 1.99. The first-order valence-corrected chi connectivity index (χ1v) is 4.78. The first-order valence-electron chi connectivity index (χ1n) is 4.37. The minimum absolute atomic E-state index is 0.200. The van der Waals surface area contributed by atoms with Gasteiger partial charge in [0.2, 0.25) is 0 Å². The fourth-order valence-electron chi connectivity index (χ4n) is 1.71. The Balaban J connectivity index is 2.71. The van der Waals surface area contributed by atoms with Gasteiger partial charge in [-0.2, -0.15) is 0 Å². The van der Waals surface area contributed by atoms with Gasteiger partial charge in [-0.15, -0.1) is 0 Å². The van der Waals surface area contributed by atoms with Crippen molar-refractivity contribution < 1.29 is 4.79 Å². The number of Topliss-reactive ketones (excluding diaryl/α,β-unsaturated/α-hetero) is 1. The zero-order chi connectivity index (χ0) is 9.42. The largest absolute Gasteiger partial charge is 0.334 e. The van der Waals surface area contributed by atoms with Crippen LogP contribution in [0.15, 0.2) is 0 Å². The highest BCUT2D eigenvalue weighted by Gasteiger charge is 2.23. The van der Waals surface area contributed by atoms with Crippen molar-refractivity contribution in [3.8, 4) is 0 Å². The lowest BCUT2D eigenvalue weighted by atomic mass is 10.1. The minimum Gasteiger partial charge on any atom is -0.334 e. The van der Waals surface area contributed by atoms with Crippen molar-refractivity contribution >= 4 is 18.0 Å². The number of rotatable bonds is 1. The molecule has 1 N–H and O–H groups in total. The van der Waals surface area contributed by atoms with E-state index in [4.69, 9.17) is 12.2 Å². The Hall–Kier alpha value is -1.03. The van der Waals surface area contributed by atoms with Gasteiger partial charge in [0, 0.05) is 12.1 Å². The molecule has 0 unspecified atom stereocenters. The van der Waals surface area contributed by atoms with Crippen molar-refractivity contribution in [1.29, 1.82) is 0 Å². The SMILES string of the molecule is CCc1nc(=S)[nH]c2c1C(=O)CC2. The topological polar surface area (TPSA) is 45.8 Å². The van der Waals surface area contributed by atoms with Crippen LogP contribution in [0.2, 0.25) is 0 Å². The maximum atomic E-state index is 11.5. The maximum absolute atomic E-state index is 11.5. The maximum Gasteiger partial charge on any atom is 0.197 e. The van der Waals surface area contributed by atoms with E-state index in [1.54, 1.807) is 0 Å². The molecule has 0 fully saturated rings. The Labute approximate surface area is 81.2 Å². The quantitative estimate of drug-likeness (QED) is 0.694. The third-order valence-electron chi connectivity index (χ3n) is 2.30. The number of nitrogens with one attached hydrogen (secondary N) is 1. The highest BCUT2D eigenvalue weighted by atomic mass is 32.1. The zero-order valence-corrected chi connectivity index (χ0v) is 8.20. The van der Waals surface area contributed by atoms with Crippen molar-refractivity contribution in [2.45, 2.75) is 26.2 Å². The molecule has 68 valence electrons. The molecule has 0 spiro atoms. The molecule has 0 aromatic carbocycles. The van der Waals surface area contributed by atoms with Crippen LogP contribution in [0.1, 0.15) is 35.1 Å². The molecular formula is C9H10N2OS. The van der Waals surface area contributed by atoms with E-state index in [9.17, 15) is 4.79 Å². The van der Waals surface area contributed by atoms with Crippen LogP contribution in [-0.4, -0.2) is 15.8 Å². The lowest BCUT2D eigenvalue weighted by Crippen LogP contribution is -2.03. The highest BCUT2D eigenvalue weighted by molar-refractivity contribution is 7.71.